The molecular weight excluding hydrogens is 276 g/mol. The third kappa shape index (κ3) is 7.03. The fourth-order valence-corrected chi connectivity index (χ4v) is 3.53. The predicted molar refractivity (Wildman–Crippen MR) is 82.1 cm³/mol. The molecule has 0 spiro atoms. The molecule has 3 N–H and O–H groups in total. The van der Waals surface area contributed by atoms with Crippen LogP contribution in [0.3, 0.4) is 0 Å². The lowest BCUT2D eigenvalue weighted by molar-refractivity contribution is -0.137. The third-order valence-electron chi connectivity index (χ3n) is 3.74. The van der Waals surface area contributed by atoms with E-state index in [1.54, 1.807) is 0 Å². The van der Waals surface area contributed by atoms with Crippen molar-refractivity contribution in [3.05, 3.63) is 0 Å². The van der Waals surface area contributed by atoms with Crippen molar-refractivity contribution in [2.45, 2.75) is 45.6 Å². The molecule has 1 heterocycles. The number of urea groups is 1. The smallest absolute Gasteiger partial charge is 0.315 e. The molecule has 1 fully saturated rings. The van der Waals surface area contributed by atoms with Gasteiger partial charge in [-0.3, -0.25) is 4.79 Å². The van der Waals surface area contributed by atoms with Gasteiger partial charge in [0.2, 0.25) is 0 Å². The lowest BCUT2D eigenvalue weighted by atomic mass is 9.88. The van der Waals surface area contributed by atoms with Gasteiger partial charge in [0.05, 0.1) is 0 Å². The van der Waals surface area contributed by atoms with Gasteiger partial charge in [-0.25, -0.2) is 4.79 Å². The second-order valence-corrected chi connectivity index (χ2v) is 6.84. The Morgan fingerprint density at radius 1 is 1.35 bits per heavy atom. The number of aliphatic carboxylic acids is 1. The van der Waals surface area contributed by atoms with Crippen LogP contribution in [0.5, 0.6) is 0 Å². The number of nitrogens with one attached hydrogen (secondary N) is 2. The Bertz CT molecular complexity index is 318. The molecule has 116 valence electrons. The van der Waals surface area contributed by atoms with E-state index in [0.717, 1.165) is 24.3 Å². The maximum absolute atomic E-state index is 11.7. The summed E-state index contributed by atoms with van der Waals surface area (Å²) in [5.74, 6) is 2.15. The minimum Gasteiger partial charge on any atom is -0.481 e. The summed E-state index contributed by atoms with van der Waals surface area (Å²) in [6, 6.07) is 0.200. The minimum absolute atomic E-state index is 0.0989. The first-order valence-corrected chi connectivity index (χ1v) is 8.48. The summed E-state index contributed by atoms with van der Waals surface area (Å²) < 4.78 is 0. The van der Waals surface area contributed by atoms with E-state index in [2.05, 4.69) is 24.5 Å². The van der Waals surface area contributed by atoms with Crippen LogP contribution in [0, 0.1) is 11.8 Å². The quantitative estimate of drug-likeness (QED) is 0.643. The fourth-order valence-electron chi connectivity index (χ4n) is 2.38. The molecule has 1 saturated heterocycles. The van der Waals surface area contributed by atoms with Gasteiger partial charge in [0.15, 0.2) is 0 Å². The van der Waals surface area contributed by atoms with Gasteiger partial charge in [-0.2, -0.15) is 11.8 Å². The molecule has 0 saturated carbocycles. The van der Waals surface area contributed by atoms with Crippen molar-refractivity contribution in [3.63, 3.8) is 0 Å². The summed E-state index contributed by atoms with van der Waals surface area (Å²) >= 11 is 1.87. The zero-order valence-corrected chi connectivity index (χ0v) is 13.2. The van der Waals surface area contributed by atoms with Gasteiger partial charge in [0.25, 0.3) is 0 Å². The van der Waals surface area contributed by atoms with Gasteiger partial charge in [-0.05, 0) is 36.9 Å². The number of carbonyl (C=O) groups is 2. The normalized spacial score (nSPS) is 19.9. The molecule has 1 rings (SSSR count). The fraction of sp³-hybridized carbons (Fsp3) is 0.857. The van der Waals surface area contributed by atoms with Crippen LogP contribution in [0.25, 0.3) is 0 Å². The first kappa shape index (κ1) is 17.1. The van der Waals surface area contributed by atoms with Crippen molar-refractivity contribution in [3.8, 4) is 0 Å². The average Bonchev–Trinajstić information content (AvgIpc) is 2.85. The standard InChI is InChI=1S/C14H26N2O3S/c1-10(2)11(3-4-13(17)18)5-7-15-14(19)16-12-6-8-20-9-12/h10-12H,3-9H2,1-2H3,(H,17,18)(H2,15,16,19). The summed E-state index contributed by atoms with van der Waals surface area (Å²) in [5, 5.41) is 14.6. The van der Waals surface area contributed by atoms with Crippen LogP contribution in [0.4, 0.5) is 4.79 Å². The van der Waals surface area contributed by atoms with E-state index >= 15 is 0 Å². The second kappa shape index (κ2) is 9.10. The van der Waals surface area contributed by atoms with Gasteiger partial charge in [-0.15, -0.1) is 0 Å². The Morgan fingerprint density at radius 2 is 2.10 bits per heavy atom. The lowest BCUT2D eigenvalue weighted by Crippen LogP contribution is -2.42. The largest absolute Gasteiger partial charge is 0.481 e. The van der Waals surface area contributed by atoms with Gasteiger partial charge in [0.1, 0.15) is 0 Å². The van der Waals surface area contributed by atoms with E-state index in [1.165, 1.54) is 0 Å². The average molecular weight is 302 g/mol. The number of carboxylic acids is 1. The first-order valence-electron chi connectivity index (χ1n) is 7.33. The Labute approximate surface area is 125 Å². The summed E-state index contributed by atoms with van der Waals surface area (Å²) in [4.78, 5) is 22.3. The number of thioether (sulfide) groups is 1. The molecule has 1 aliphatic rings. The first-order chi connectivity index (χ1) is 9.49. The van der Waals surface area contributed by atoms with Crippen molar-refractivity contribution in [1.29, 1.82) is 0 Å². The highest BCUT2D eigenvalue weighted by molar-refractivity contribution is 7.99. The molecular formula is C14H26N2O3S. The van der Waals surface area contributed by atoms with Crippen LogP contribution in [0.2, 0.25) is 0 Å². The van der Waals surface area contributed by atoms with Gasteiger partial charge >= 0.3 is 12.0 Å². The molecule has 0 bridgehead atoms. The number of carboxylic acid groups (broad SMARTS) is 1. The summed E-state index contributed by atoms with van der Waals surface area (Å²) in [5.41, 5.74) is 0. The lowest BCUT2D eigenvalue weighted by Gasteiger charge is -2.20. The van der Waals surface area contributed by atoms with Crippen molar-refractivity contribution >= 4 is 23.8 Å². The topological polar surface area (TPSA) is 78.4 Å². The van der Waals surface area contributed by atoms with Crippen molar-refractivity contribution in [1.82, 2.24) is 10.6 Å². The van der Waals surface area contributed by atoms with Crippen molar-refractivity contribution < 1.29 is 14.7 Å². The minimum atomic E-state index is -0.750. The zero-order valence-electron chi connectivity index (χ0n) is 12.4. The number of amides is 2. The molecule has 0 aromatic rings. The van der Waals surface area contributed by atoms with Gasteiger partial charge in [-0.1, -0.05) is 13.8 Å². The number of rotatable bonds is 8. The highest BCUT2D eigenvalue weighted by Crippen LogP contribution is 2.20. The highest BCUT2D eigenvalue weighted by Gasteiger charge is 2.18. The van der Waals surface area contributed by atoms with E-state index < -0.39 is 5.97 Å². The SMILES string of the molecule is CC(C)C(CCNC(=O)NC1CCSC1)CCC(=O)O. The molecule has 0 aliphatic carbocycles. The molecule has 0 aromatic carbocycles. The molecule has 2 amide bonds. The Hall–Kier alpha value is -0.910. The van der Waals surface area contributed by atoms with Crippen molar-refractivity contribution in [2.24, 2.45) is 11.8 Å². The van der Waals surface area contributed by atoms with E-state index in [0.29, 0.717) is 30.8 Å². The van der Waals surface area contributed by atoms with Crippen LogP contribution < -0.4 is 10.6 Å². The molecule has 0 aromatic heterocycles. The van der Waals surface area contributed by atoms with E-state index in [9.17, 15) is 9.59 Å². The van der Waals surface area contributed by atoms with E-state index in [1.807, 2.05) is 11.8 Å². The molecule has 6 heteroatoms. The van der Waals surface area contributed by atoms with E-state index in [-0.39, 0.29) is 12.5 Å². The number of hydrogen-bond acceptors (Lipinski definition) is 3. The molecule has 5 nitrogen and oxygen atoms in total. The zero-order chi connectivity index (χ0) is 15.0. The molecule has 0 radical (unpaired) electrons. The van der Waals surface area contributed by atoms with Gasteiger partial charge in [0, 0.05) is 24.8 Å². The summed E-state index contributed by atoms with van der Waals surface area (Å²) in [7, 11) is 0. The van der Waals surface area contributed by atoms with Crippen LogP contribution in [0.1, 0.15) is 39.5 Å². The Morgan fingerprint density at radius 3 is 2.65 bits per heavy atom. The monoisotopic (exact) mass is 302 g/mol. The van der Waals surface area contributed by atoms with Crippen molar-refractivity contribution in [2.75, 3.05) is 18.1 Å². The Balaban J connectivity index is 2.18. The Kier molecular flexibility index (Phi) is 7.80. The molecule has 1 aliphatic heterocycles. The maximum Gasteiger partial charge on any atom is 0.315 e. The number of carbonyl (C=O) groups excluding carboxylic acids is 1. The van der Waals surface area contributed by atoms with Gasteiger partial charge < -0.3 is 15.7 Å². The van der Waals surface area contributed by atoms with Crippen LogP contribution in [-0.4, -0.2) is 41.2 Å². The molecule has 2 unspecified atom stereocenters. The summed E-state index contributed by atoms with van der Waals surface area (Å²) in [6.45, 7) is 4.80. The summed E-state index contributed by atoms with van der Waals surface area (Å²) in [6.07, 6.45) is 2.76. The van der Waals surface area contributed by atoms with Crippen LogP contribution in [0.15, 0.2) is 0 Å². The predicted octanol–water partition coefficient (Wildman–Crippen LogP) is 2.32. The third-order valence-corrected chi connectivity index (χ3v) is 4.90. The molecule has 2 atom stereocenters. The second-order valence-electron chi connectivity index (χ2n) is 5.69. The van der Waals surface area contributed by atoms with E-state index in [4.69, 9.17) is 5.11 Å². The maximum atomic E-state index is 11.7. The number of hydrogen-bond donors (Lipinski definition) is 3. The molecule has 20 heavy (non-hydrogen) atoms. The van der Waals surface area contributed by atoms with Crippen LogP contribution >= 0.6 is 11.8 Å². The van der Waals surface area contributed by atoms with Crippen LogP contribution in [-0.2, 0) is 4.79 Å². The highest BCUT2D eigenvalue weighted by atomic mass is 32.2.